The summed E-state index contributed by atoms with van der Waals surface area (Å²) >= 11 is 0. The molecule has 3 aliphatic rings. The van der Waals surface area contributed by atoms with Crippen LogP contribution in [0.5, 0.6) is 0 Å². The zero-order valence-corrected chi connectivity index (χ0v) is 47.1. The summed E-state index contributed by atoms with van der Waals surface area (Å²) in [5.41, 5.74) is -0.897. The Morgan fingerprint density at radius 2 is 1.48 bits per heavy atom. The monoisotopic (exact) mass is 1050 g/mol. The fraction of sp³-hybridized carbons (Fsp3) is 0.732. The topological polar surface area (TPSA) is 267 Å². The van der Waals surface area contributed by atoms with E-state index in [1.807, 2.05) is 54.5 Å². The minimum Gasteiger partial charge on any atom is -0.443 e. The predicted molar refractivity (Wildman–Crippen MR) is 285 cm³/mol. The normalized spacial score (nSPS) is 24.6. The average molecular weight is 1050 g/mol. The molecule has 75 heavy (non-hydrogen) atoms. The van der Waals surface area contributed by atoms with Crippen molar-refractivity contribution in [3.8, 4) is 0 Å². The number of epoxide rings is 2. The first kappa shape index (κ1) is 62.4. The molecule has 422 valence electrons. The number of carbonyl (C=O) groups excluding carboxylic acids is 7. The molecule has 2 aliphatic heterocycles. The van der Waals surface area contributed by atoms with Crippen LogP contribution in [-0.4, -0.2) is 141 Å². The second-order valence-electron chi connectivity index (χ2n) is 23.3. The Labute approximate surface area is 445 Å². The first-order valence-corrected chi connectivity index (χ1v) is 27.0. The number of hydrogen-bond acceptors (Lipinski definition) is 12. The van der Waals surface area contributed by atoms with E-state index in [9.17, 15) is 38.7 Å². The van der Waals surface area contributed by atoms with Crippen LogP contribution in [0.15, 0.2) is 42.0 Å². The first-order chi connectivity index (χ1) is 35.2. The fourth-order valence-electron chi connectivity index (χ4n) is 10.7. The number of aliphatic hydroxyl groups is 1. The maximum Gasteiger partial charge on any atom is 0.407 e. The van der Waals surface area contributed by atoms with Crippen LogP contribution in [-0.2, 0) is 54.1 Å². The van der Waals surface area contributed by atoms with Crippen molar-refractivity contribution < 1.29 is 57.6 Å². The highest BCUT2D eigenvalue weighted by Crippen LogP contribution is 2.59. The molecule has 0 aromatic heterocycles. The summed E-state index contributed by atoms with van der Waals surface area (Å²) in [5.74, 6) is -3.29. The van der Waals surface area contributed by atoms with Gasteiger partial charge in [0.05, 0.1) is 37.8 Å². The van der Waals surface area contributed by atoms with Crippen molar-refractivity contribution in [3.63, 3.8) is 0 Å². The highest BCUT2D eigenvalue weighted by Gasteiger charge is 2.72. The van der Waals surface area contributed by atoms with E-state index >= 15 is 0 Å². The van der Waals surface area contributed by atoms with Gasteiger partial charge in [0.2, 0.25) is 35.4 Å². The van der Waals surface area contributed by atoms with Gasteiger partial charge in [0.15, 0.2) is 0 Å². The third-order valence-corrected chi connectivity index (χ3v) is 15.1. The number of methoxy groups -OCH3 is 1. The molecule has 2 saturated heterocycles. The molecule has 0 bridgehead atoms. The van der Waals surface area contributed by atoms with Crippen molar-refractivity contribution in [1.29, 1.82) is 0 Å². The largest absolute Gasteiger partial charge is 0.443 e. The third-order valence-electron chi connectivity index (χ3n) is 15.1. The van der Waals surface area contributed by atoms with E-state index < -0.39 is 89.0 Å². The summed E-state index contributed by atoms with van der Waals surface area (Å²) in [6.45, 7) is 23.2. The number of aliphatic hydroxyl groups excluding tert-OH is 1. The van der Waals surface area contributed by atoms with Crippen LogP contribution in [0, 0.1) is 34.5 Å². The van der Waals surface area contributed by atoms with Gasteiger partial charge in [0.25, 0.3) is 0 Å². The molecule has 1 aromatic carbocycles. The van der Waals surface area contributed by atoms with Crippen LogP contribution < -0.4 is 37.2 Å². The van der Waals surface area contributed by atoms with Crippen LogP contribution in [0.4, 0.5) is 4.79 Å². The van der Waals surface area contributed by atoms with Crippen molar-refractivity contribution in [2.24, 2.45) is 34.5 Å². The molecular weight excluding hydrogens is 963 g/mol. The Bertz CT molecular complexity index is 2130. The highest BCUT2D eigenvalue weighted by atomic mass is 16.6. The molecule has 8 N–H and O–H groups in total. The number of nitrogens with one attached hydrogen (secondary N) is 7. The Hall–Kier alpha value is -5.11. The van der Waals surface area contributed by atoms with Crippen molar-refractivity contribution in [1.82, 2.24) is 37.2 Å². The highest BCUT2D eigenvalue weighted by molar-refractivity contribution is 5.95. The molecule has 1 aromatic rings. The Morgan fingerprint density at radius 1 is 0.827 bits per heavy atom. The smallest absolute Gasteiger partial charge is 0.407 e. The minimum atomic E-state index is -1.14. The second kappa shape index (κ2) is 27.8. The van der Waals surface area contributed by atoms with E-state index in [2.05, 4.69) is 64.1 Å². The van der Waals surface area contributed by atoms with E-state index in [4.69, 9.17) is 18.9 Å². The molecule has 7 unspecified atom stereocenters. The molecular formula is C56H91N7O12. The van der Waals surface area contributed by atoms with Gasteiger partial charge in [-0.1, -0.05) is 97.4 Å². The molecule has 19 nitrogen and oxygen atoms in total. The lowest BCUT2D eigenvalue weighted by Gasteiger charge is -2.42. The molecule has 1 spiro atoms. The number of amides is 7. The Kier molecular flexibility index (Phi) is 23.1. The molecule has 7 amide bonds. The minimum absolute atomic E-state index is 0.0263. The van der Waals surface area contributed by atoms with Crippen LogP contribution in [0.2, 0.25) is 0 Å². The molecule has 2 heterocycles. The van der Waals surface area contributed by atoms with Crippen molar-refractivity contribution in [2.75, 3.05) is 46.4 Å². The predicted octanol–water partition coefficient (Wildman–Crippen LogP) is 4.39. The van der Waals surface area contributed by atoms with E-state index in [1.54, 1.807) is 45.2 Å². The zero-order chi connectivity index (χ0) is 55.9. The number of carbonyl (C=O) groups is 7. The lowest BCUT2D eigenvalue weighted by atomic mass is 9.64. The number of allylic oxidation sites excluding steroid dienone is 1. The van der Waals surface area contributed by atoms with Gasteiger partial charge in [-0.3, -0.25) is 28.8 Å². The summed E-state index contributed by atoms with van der Waals surface area (Å²) < 4.78 is 24.1. The SMILES string of the molecule is COC1C(OC(=O)NCCCNC(=O)CNC(=O)[C@H](CC(C)C)NC(=O)[C@H](Cc2ccccc2)NC(=O)CNC(=O)C(C)(CC(C)(CC(C)C)C(=O)NCC(C)O)C(C)C)CC[C@]2(CO2)C1C1(C)O[C@@H]1CC=C(C)C. The first-order valence-electron chi connectivity index (χ1n) is 27.0. The molecule has 1 aliphatic carbocycles. The van der Waals surface area contributed by atoms with Gasteiger partial charge in [0.1, 0.15) is 35.5 Å². The van der Waals surface area contributed by atoms with E-state index in [-0.39, 0.29) is 86.7 Å². The van der Waals surface area contributed by atoms with Crippen molar-refractivity contribution in [3.05, 3.63) is 47.5 Å². The van der Waals surface area contributed by atoms with Crippen molar-refractivity contribution >= 4 is 41.5 Å². The van der Waals surface area contributed by atoms with Crippen LogP contribution >= 0.6 is 0 Å². The van der Waals surface area contributed by atoms with Gasteiger partial charge in [-0.2, -0.15) is 0 Å². The summed E-state index contributed by atoms with van der Waals surface area (Å²) in [6.07, 6.45) is 3.39. The van der Waals surface area contributed by atoms with Gasteiger partial charge in [-0.15, -0.1) is 0 Å². The van der Waals surface area contributed by atoms with Gasteiger partial charge in [0, 0.05) is 44.0 Å². The van der Waals surface area contributed by atoms with Gasteiger partial charge >= 0.3 is 6.09 Å². The molecule has 0 radical (unpaired) electrons. The number of ether oxygens (including phenoxy) is 4. The Balaban J connectivity index is 1.28. The quantitative estimate of drug-likeness (QED) is 0.0303. The maximum atomic E-state index is 14.1. The van der Waals surface area contributed by atoms with Gasteiger partial charge in [-0.05, 0) is 96.0 Å². The van der Waals surface area contributed by atoms with Crippen LogP contribution in [0.25, 0.3) is 0 Å². The van der Waals surface area contributed by atoms with Crippen LogP contribution in [0.3, 0.4) is 0 Å². The molecule has 19 heteroatoms. The number of alkyl carbamates (subject to hydrolysis) is 1. The summed E-state index contributed by atoms with van der Waals surface area (Å²) in [7, 11) is 1.62. The summed E-state index contributed by atoms with van der Waals surface area (Å²) in [6, 6.07) is 6.84. The van der Waals surface area contributed by atoms with E-state index in [0.29, 0.717) is 25.9 Å². The standard InChI is InChI=1S/C56H91N7O12/c1-34(2)20-21-43-55(12,75-43)47-46(72-13)42(22-23-56(47)33-73-56)74-52(71)58-25-17-24-57-44(65)30-59-48(67)40(26-35(3)4)63-49(68)41(27-39-18-15-14-16-19-39)62-45(66)31-61-51(70)54(11,37(7)8)32-53(10,28-36(5)6)50(69)60-29-38(9)64/h14-16,18-20,35-38,40-43,46-47,64H,17,21-33H2,1-13H3,(H,57,65)(H,58,71)(H,59,67)(H,60,69)(H,61,70)(H,62,66)(H,63,68)/t38?,40-,41-,42?,43+,46?,47?,53?,54?,55?,56-/m0/s1. The van der Waals surface area contributed by atoms with Crippen molar-refractivity contribution in [2.45, 2.75) is 182 Å². The number of rotatable bonds is 30. The average Bonchev–Trinajstić information content (AvgIpc) is 4.26. The molecule has 1 saturated carbocycles. The summed E-state index contributed by atoms with van der Waals surface area (Å²) in [4.78, 5) is 94.7. The fourth-order valence-corrected chi connectivity index (χ4v) is 10.7. The molecule has 4 rings (SSSR count). The van der Waals surface area contributed by atoms with E-state index in [0.717, 1.165) is 18.4 Å². The number of benzene rings is 1. The van der Waals surface area contributed by atoms with Gasteiger partial charge < -0.3 is 61.3 Å². The lowest BCUT2D eigenvalue weighted by Crippen LogP contribution is -2.56. The zero-order valence-electron chi connectivity index (χ0n) is 47.1. The van der Waals surface area contributed by atoms with E-state index in [1.165, 1.54) is 5.57 Å². The Morgan fingerprint density at radius 3 is 2.07 bits per heavy atom. The lowest BCUT2D eigenvalue weighted by molar-refractivity contribution is -0.142. The summed E-state index contributed by atoms with van der Waals surface area (Å²) in [5, 5.41) is 29.1. The third kappa shape index (κ3) is 18.3. The van der Waals surface area contributed by atoms with Crippen LogP contribution in [0.1, 0.15) is 134 Å². The molecule has 11 atom stereocenters. The maximum absolute atomic E-state index is 14.1. The van der Waals surface area contributed by atoms with Gasteiger partial charge in [-0.25, -0.2) is 4.79 Å². The second-order valence-corrected chi connectivity index (χ2v) is 23.3. The molecule has 3 fully saturated rings. The number of hydrogen-bond donors (Lipinski definition) is 8.